The standard InChI is InChI=1S/C15H19N/c1-12-7-3-5-9-14(12)11-16-15-10-6-4-8-13(15)2/h3,5,7,9,11H,4,6,8,10H2,1-2H3/b16-11-. The first-order valence-electron chi connectivity index (χ1n) is 6.05. The molecule has 1 aliphatic carbocycles. The summed E-state index contributed by atoms with van der Waals surface area (Å²) >= 11 is 0. The molecule has 1 nitrogen and oxygen atoms in total. The maximum absolute atomic E-state index is 4.65. The minimum Gasteiger partial charge on any atom is -0.261 e. The fraction of sp³-hybridized carbons (Fsp3) is 0.400. The van der Waals surface area contributed by atoms with Gasteiger partial charge in [-0.15, -0.1) is 0 Å². The second kappa shape index (κ2) is 5.11. The van der Waals surface area contributed by atoms with Gasteiger partial charge in [-0.3, -0.25) is 4.99 Å². The lowest BCUT2D eigenvalue weighted by atomic mass is 9.98. The van der Waals surface area contributed by atoms with Gasteiger partial charge in [0.05, 0.1) is 0 Å². The van der Waals surface area contributed by atoms with E-state index in [9.17, 15) is 0 Å². The van der Waals surface area contributed by atoms with E-state index >= 15 is 0 Å². The first kappa shape index (κ1) is 11.1. The molecule has 1 aliphatic rings. The van der Waals surface area contributed by atoms with Crippen molar-refractivity contribution in [1.82, 2.24) is 0 Å². The van der Waals surface area contributed by atoms with Gasteiger partial charge in [-0.1, -0.05) is 29.8 Å². The predicted molar refractivity (Wildman–Crippen MR) is 69.9 cm³/mol. The Balaban J connectivity index is 2.18. The Morgan fingerprint density at radius 2 is 1.81 bits per heavy atom. The summed E-state index contributed by atoms with van der Waals surface area (Å²) in [4.78, 5) is 4.65. The van der Waals surface area contributed by atoms with Crippen LogP contribution in [0, 0.1) is 6.92 Å². The average Bonchev–Trinajstić information content (AvgIpc) is 2.30. The van der Waals surface area contributed by atoms with Crippen LogP contribution in [0.5, 0.6) is 0 Å². The van der Waals surface area contributed by atoms with Gasteiger partial charge in [-0.2, -0.15) is 0 Å². The highest BCUT2D eigenvalue weighted by Crippen LogP contribution is 2.24. The lowest BCUT2D eigenvalue weighted by Crippen LogP contribution is -1.96. The molecule has 0 N–H and O–H groups in total. The Morgan fingerprint density at radius 1 is 1.06 bits per heavy atom. The first-order chi connectivity index (χ1) is 7.77. The van der Waals surface area contributed by atoms with Crippen molar-refractivity contribution in [3.8, 4) is 0 Å². The van der Waals surface area contributed by atoms with Crippen molar-refractivity contribution in [2.45, 2.75) is 39.5 Å². The summed E-state index contributed by atoms with van der Waals surface area (Å²) in [6.07, 6.45) is 7.00. The summed E-state index contributed by atoms with van der Waals surface area (Å²) in [5, 5.41) is 0. The molecule has 0 unspecified atom stereocenters. The number of hydrogen-bond acceptors (Lipinski definition) is 1. The maximum Gasteiger partial charge on any atom is 0.0393 e. The smallest absolute Gasteiger partial charge is 0.0393 e. The molecule has 0 amide bonds. The highest BCUT2D eigenvalue weighted by molar-refractivity contribution is 5.82. The van der Waals surface area contributed by atoms with Crippen molar-refractivity contribution in [2.24, 2.45) is 4.99 Å². The van der Waals surface area contributed by atoms with Crippen LogP contribution >= 0.6 is 0 Å². The topological polar surface area (TPSA) is 12.4 Å². The van der Waals surface area contributed by atoms with Gasteiger partial charge in [0.1, 0.15) is 0 Å². The number of nitrogens with zero attached hydrogens (tertiary/aromatic N) is 1. The number of hydrogen-bond donors (Lipinski definition) is 0. The van der Waals surface area contributed by atoms with Crippen molar-refractivity contribution in [3.63, 3.8) is 0 Å². The monoisotopic (exact) mass is 213 g/mol. The van der Waals surface area contributed by atoms with E-state index in [1.807, 2.05) is 6.21 Å². The van der Waals surface area contributed by atoms with E-state index in [4.69, 9.17) is 0 Å². The molecular weight excluding hydrogens is 194 g/mol. The fourth-order valence-corrected chi connectivity index (χ4v) is 2.09. The largest absolute Gasteiger partial charge is 0.261 e. The van der Waals surface area contributed by atoms with Crippen LogP contribution in [0.3, 0.4) is 0 Å². The lowest BCUT2D eigenvalue weighted by Gasteiger charge is -2.13. The van der Waals surface area contributed by atoms with E-state index in [-0.39, 0.29) is 0 Å². The number of aliphatic imine (C=N–C) groups is 1. The van der Waals surface area contributed by atoms with Gasteiger partial charge in [-0.25, -0.2) is 0 Å². The second-order valence-electron chi connectivity index (χ2n) is 4.55. The highest BCUT2D eigenvalue weighted by atomic mass is 14.7. The van der Waals surface area contributed by atoms with Crippen molar-refractivity contribution >= 4 is 6.21 Å². The molecule has 2 rings (SSSR count). The lowest BCUT2D eigenvalue weighted by molar-refractivity contribution is 0.668. The molecule has 0 aliphatic heterocycles. The number of benzene rings is 1. The molecule has 0 spiro atoms. The molecular formula is C15H19N. The molecule has 0 saturated carbocycles. The quantitative estimate of drug-likeness (QED) is 0.651. The fourth-order valence-electron chi connectivity index (χ4n) is 2.09. The first-order valence-corrected chi connectivity index (χ1v) is 6.05. The van der Waals surface area contributed by atoms with Gasteiger partial charge >= 0.3 is 0 Å². The molecule has 0 aromatic heterocycles. The van der Waals surface area contributed by atoms with E-state index in [0.717, 1.165) is 6.42 Å². The van der Waals surface area contributed by atoms with Crippen LogP contribution in [-0.2, 0) is 0 Å². The third-order valence-corrected chi connectivity index (χ3v) is 3.26. The molecule has 0 atom stereocenters. The zero-order valence-electron chi connectivity index (χ0n) is 10.2. The summed E-state index contributed by atoms with van der Waals surface area (Å²) in [5.41, 5.74) is 5.29. The van der Waals surface area contributed by atoms with Gasteiger partial charge in [-0.05, 0) is 50.7 Å². The van der Waals surface area contributed by atoms with Crippen LogP contribution < -0.4 is 0 Å². The molecule has 0 fully saturated rings. The SMILES string of the molecule is CC1=C(/N=C\c2ccccc2C)CCCC1. The maximum atomic E-state index is 4.65. The van der Waals surface area contributed by atoms with Crippen LogP contribution in [0.2, 0.25) is 0 Å². The van der Waals surface area contributed by atoms with Gasteiger partial charge in [0, 0.05) is 11.9 Å². The van der Waals surface area contributed by atoms with Crippen LogP contribution in [0.4, 0.5) is 0 Å². The molecule has 1 heteroatoms. The van der Waals surface area contributed by atoms with Crippen molar-refractivity contribution in [3.05, 3.63) is 46.7 Å². The minimum atomic E-state index is 1.15. The van der Waals surface area contributed by atoms with Crippen molar-refractivity contribution in [2.75, 3.05) is 0 Å². The summed E-state index contributed by atoms with van der Waals surface area (Å²) in [7, 11) is 0. The second-order valence-corrected chi connectivity index (χ2v) is 4.55. The summed E-state index contributed by atoms with van der Waals surface area (Å²) < 4.78 is 0. The molecule has 1 aromatic carbocycles. The van der Waals surface area contributed by atoms with Crippen molar-refractivity contribution in [1.29, 1.82) is 0 Å². The molecule has 84 valence electrons. The van der Waals surface area contributed by atoms with Gasteiger partial charge in [0.25, 0.3) is 0 Å². The minimum absolute atomic E-state index is 1.15. The zero-order valence-corrected chi connectivity index (χ0v) is 10.2. The van der Waals surface area contributed by atoms with Gasteiger partial charge in [0.2, 0.25) is 0 Å². The Morgan fingerprint density at radius 3 is 2.56 bits per heavy atom. The third kappa shape index (κ3) is 2.60. The number of aryl methyl sites for hydroxylation is 1. The van der Waals surface area contributed by atoms with Crippen LogP contribution in [-0.4, -0.2) is 6.21 Å². The number of rotatable bonds is 2. The molecule has 0 heterocycles. The Hall–Kier alpha value is -1.37. The van der Waals surface area contributed by atoms with Crippen molar-refractivity contribution < 1.29 is 0 Å². The Bertz CT molecular complexity index is 427. The van der Waals surface area contributed by atoms with Crippen LogP contribution in [0.1, 0.15) is 43.7 Å². The van der Waals surface area contributed by atoms with Gasteiger partial charge < -0.3 is 0 Å². The highest BCUT2D eigenvalue weighted by Gasteiger charge is 2.07. The summed E-state index contributed by atoms with van der Waals surface area (Å²) in [6.45, 7) is 4.34. The van der Waals surface area contributed by atoms with E-state index in [0.29, 0.717) is 0 Å². The summed E-state index contributed by atoms with van der Waals surface area (Å²) in [5.74, 6) is 0. The predicted octanol–water partition coefficient (Wildman–Crippen LogP) is 4.26. The third-order valence-electron chi connectivity index (χ3n) is 3.26. The van der Waals surface area contributed by atoms with Crippen LogP contribution in [0.15, 0.2) is 40.5 Å². The zero-order chi connectivity index (χ0) is 11.4. The molecule has 0 saturated heterocycles. The molecule has 0 radical (unpaired) electrons. The number of allylic oxidation sites excluding steroid dienone is 2. The normalized spacial score (nSPS) is 17.1. The van der Waals surface area contributed by atoms with Crippen LogP contribution in [0.25, 0.3) is 0 Å². The van der Waals surface area contributed by atoms with E-state index < -0.39 is 0 Å². The summed E-state index contributed by atoms with van der Waals surface area (Å²) in [6, 6.07) is 8.38. The average molecular weight is 213 g/mol. The Kier molecular flexibility index (Phi) is 3.55. The Labute approximate surface area is 97.9 Å². The van der Waals surface area contributed by atoms with Gasteiger partial charge in [0.15, 0.2) is 0 Å². The molecule has 16 heavy (non-hydrogen) atoms. The van der Waals surface area contributed by atoms with E-state index in [1.54, 1.807) is 0 Å². The van der Waals surface area contributed by atoms with E-state index in [1.165, 1.54) is 41.7 Å². The molecule has 0 bridgehead atoms. The van der Waals surface area contributed by atoms with E-state index in [2.05, 4.69) is 43.1 Å². The molecule has 1 aromatic rings.